The lowest BCUT2D eigenvalue weighted by molar-refractivity contribution is -0.115. The Morgan fingerprint density at radius 3 is 2.75 bits per heavy atom. The smallest absolute Gasteiger partial charge is 0.165 e. The number of allylic oxidation sites excluding steroid dienone is 1. The van der Waals surface area contributed by atoms with Crippen LogP contribution in [0.2, 0.25) is 0 Å². The van der Waals surface area contributed by atoms with Gasteiger partial charge in [-0.3, -0.25) is 4.79 Å². The van der Waals surface area contributed by atoms with Gasteiger partial charge in [-0.05, 0) is 24.6 Å². The van der Waals surface area contributed by atoms with Crippen molar-refractivity contribution in [1.82, 2.24) is 9.55 Å². The Morgan fingerprint density at radius 2 is 2.12 bits per heavy atom. The van der Waals surface area contributed by atoms with Crippen LogP contribution >= 0.6 is 0 Å². The molecule has 0 atom stereocenters. The predicted molar refractivity (Wildman–Crippen MR) is 64.2 cm³/mol. The third-order valence-corrected chi connectivity index (χ3v) is 2.67. The molecule has 82 valence electrons. The molecule has 0 unspecified atom stereocenters. The molecule has 1 aromatic heterocycles. The summed E-state index contributed by atoms with van der Waals surface area (Å²) in [5.74, 6) is 0.826. The summed E-state index contributed by atoms with van der Waals surface area (Å²) < 4.78 is 1.95. The summed E-state index contributed by atoms with van der Waals surface area (Å²) in [5, 5.41) is 0. The molecule has 0 spiro atoms. The average Bonchev–Trinajstić information content (AvgIpc) is 2.56. The molecule has 3 nitrogen and oxygen atoms in total. The van der Waals surface area contributed by atoms with E-state index in [1.165, 1.54) is 0 Å². The second kappa shape index (κ2) is 3.93. The van der Waals surface area contributed by atoms with Crippen LogP contribution in [0.25, 0.3) is 11.0 Å². The highest BCUT2D eigenvalue weighted by Gasteiger charge is 2.11. The van der Waals surface area contributed by atoms with Crippen molar-refractivity contribution in [2.45, 2.75) is 13.3 Å². The summed E-state index contributed by atoms with van der Waals surface area (Å²) in [4.78, 5) is 16.0. The van der Waals surface area contributed by atoms with Crippen LogP contribution in [-0.2, 0) is 18.3 Å². The number of fused-ring (bicyclic) bond motifs is 1. The third-order valence-electron chi connectivity index (χ3n) is 2.67. The van der Waals surface area contributed by atoms with E-state index in [2.05, 4.69) is 11.6 Å². The van der Waals surface area contributed by atoms with E-state index >= 15 is 0 Å². The lowest BCUT2D eigenvalue weighted by Crippen LogP contribution is -2.08. The lowest BCUT2D eigenvalue weighted by atomic mass is 10.1. The Hall–Kier alpha value is -1.90. The van der Waals surface area contributed by atoms with Crippen molar-refractivity contribution in [3.8, 4) is 0 Å². The molecule has 3 heteroatoms. The fraction of sp³-hybridized carbons (Fsp3) is 0.231. The average molecular weight is 214 g/mol. The highest BCUT2D eigenvalue weighted by Crippen LogP contribution is 2.15. The molecule has 1 aromatic carbocycles. The highest BCUT2D eigenvalue weighted by atomic mass is 16.1. The topological polar surface area (TPSA) is 34.9 Å². The monoisotopic (exact) mass is 214 g/mol. The molecule has 0 aliphatic rings. The Bertz CT molecular complexity index is 566. The van der Waals surface area contributed by atoms with E-state index in [-0.39, 0.29) is 5.78 Å². The van der Waals surface area contributed by atoms with Gasteiger partial charge in [-0.2, -0.15) is 0 Å². The number of aromatic nitrogens is 2. The predicted octanol–water partition coefficient (Wildman–Crippen LogP) is 2.26. The summed E-state index contributed by atoms with van der Waals surface area (Å²) >= 11 is 0. The molecule has 2 rings (SSSR count). The van der Waals surface area contributed by atoms with E-state index in [9.17, 15) is 4.79 Å². The maximum Gasteiger partial charge on any atom is 0.165 e. The lowest BCUT2D eigenvalue weighted by Gasteiger charge is -2.01. The van der Waals surface area contributed by atoms with Gasteiger partial charge in [-0.15, -0.1) is 0 Å². The van der Waals surface area contributed by atoms with Crippen LogP contribution in [0, 0.1) is 0 Å². The first kappa shape index (κ1) is 10.6. The van der Waals surface area contributed by atoms with Gasteiger partial charge in [-0.25, -0.2) is 4.98 Å². The normalized spacial score (nSPS) is 10.6. The number of Topliss-reactive ketones (excluding diaryl/α,β-unsaturated/α-hetero) is 1. The van der Waals surface area contributed by atoms with Crippen molar-refractivity contribution in [2.75, 3.05) is 0 Å². The molecular weight excluding hydrogens is 200 g/mol. The van der Waals surface area contributed by atoms with E-state index in [4.69, 9.17) is 0 Å². The number of carbonyl (C=O) groups is 1. The number of imidazole rings is 1. The van der Waals surface area contributed by atoms with Crippen LogP contribution in [0.5, 0.6) is 0 Å². The number of hydrogen-bond donors (Lipinski definition) is 0. The summed E-state index contributed by atoms with van der Waals surface area (Å²) in [7, 11) is 1.93. The van der Waals surface area contributed by atoms with Crippen molar-refractivity contribution in [3.63, 3.8) is 0 Å². The van der Waals surface area contributed by atoms with Gasteiger partial charge in [0.05, 0.1) is 17.5 Å². The van der Waals surface area contributed by atoms with Crippen molar-refractivity contribution >= 4 is 16.8 Å². The zero-order chi connectivity index (χ0) is 11.7. The highest BCUT2D eigenvalue weighted by molar-refractivity contribution is 5.95. The maximum atomic E-state index is 11.6. The molecule has 1 heterocycles. The van der Waals surface area contributed by atoms with Crippen molar-refractivity contribution in [2.24, 2.45) is 7.05 Å². The summed E-state index contributed by atoms with van der Waals surface area (Å²) in [6.45, 7) is 5.38. The molecule has 0 bridgehead atoms. The van der Waals surface area contributed by atoms with Gasteiger partial charge in [0.2, 0.25) is 0 Å². The maximum absolute atomic E-state index is 11.6. The quantitative estimate of drug-likeness (QED) is 0.734. The van der Waals surface area contributed by atoms with Gasteiger partial charge in [0, 0.05) is 7.05 Å². The van der Waals surface area contributed by atoms with E-state index in [0.29, 0.717) is 12.0 Å². The fourth-order valence-corrected chi connectivity index (χ4v) is 1.65. The van der Waals surface area contributed by atoms with Crippen molar-refractivity contribution in [3.05, 3.63) is 42.2 Å². The largest absolute Gasteiger partial charge is 0.331 e. The van der Waals surface area contributed by atoms with Crippen LogP contribution in [0.4, 0.5) is 0 Å². The number of aryl methyl sites for hydroxylation is 1. The molecule has 0 radical (unpaired) electrons. The minimum absolute atomic E-state index is 0.0402. The van der Waals surface area contributed by atoms with Gasteiger partial charge in [0.25, 0.3) is 0 Å². The molecule has 0 N–H and O–H groups in total. The molecule has 0 fully saturated rings. The van der Waals surface area contributed by atoms with Crippen molar-refractivity contribution < 1.29 is 4.79 Å². The SMILES string of the molecule is C=C(C)C(=O)Cc1nc2ccccc2n1C. The number of para-hydroxylation sites is 2. The van der Waals surface area contributed by atoms with Crippen molar-refractivity contribution in [1.29, 1.82) is 0 Å². The van der Waals surface area contributed by atoms with Crippen LogP contribution in [0.3, 0.4) is 0 Å². The number of carbonyl (C=O) groups excluding carboxylic acids is 1. The Kier molecular flexibility index (Phi) is 2.60. The first-order valence-corrected chi connectivity index (χ1v) is 5.18. The Morgan fingerprint density at radius 1 is 1.44 bits per heavy atom. The van der Waals surface area contributed by atoms with E-state index in [1.807, 2.05) is 35.9 Å². The molecule has 0 amide bonds. The van der Waals surface area contributed by atoms with Gasteiger partial charge in [-0.1, -0.05) is 18.7 Å². The molecule has 0 saturated carbocycles. The Labute approximate surface area is 94.4 Å². The fourth-order valence-electron chi connectivity index (χ4n) is 1.65. The molecule has 2 aromatic rings. The van der Waals surface area contributed by atoms with Gasteiger partial charge >= 0.3 is 0 Å². The summed E-state index contributed by atoms with van der Waals surface area (Å²) in [6.07, 6.45) is 0.320. The number of ketones is 1. The van der Waals surface area contributed by atoms with Gasteiger partial charge < -0.3 is 4.57 Å². The molecule has 0 aliphatic carbocycles. The minimum atomic E-state index is 0.0402. The molecule has 0 saturated heterocycles. The summed E-state index contributed by atoms with van der Waals surface area (Å²) in [5.41, 5.74) is 2.55. The van der Waals surface area contributed by atoms with E-state index in [0.717, 1.165) is 16.9 Å². The standard InChI is InChI=1S/C13H14N2O/c1-9(2)12(16)8-13-14-10-6-4-5-7-11(10)15(13)3/h4-7H,1,8H2,2-3H3. The second-order valence-electron chi connectivity index (χ2n) is 3.96. The van der Waals surface area contributed by atoms with Crippen LogP contribution < -0.4 is 0 Å². The number of hydrogen-bond acceptors (Lipinski definition) is 2. The minimum Gasteiger partial charge on any atom is -0.331 e. The van der Waals surface area contributed by atoms with Gasteiger partial charge in [0.1, 0.15) is 5.82 Å². The zero-order valence-electron chi connectivity index (χ0n) is 9.53. The van der Waals surface area contributed by atoms with E-state index < -0.39 is 0 Å². The first-order valence-electron chi connectivity index (χ1n) is 5.18. The van der Waals surface area contributed by atoms with Crippen LogP contribution in [-0.4, -0.2) is 15.3 Å². The van der Waals surface area contributed by atoms with E-state index in [1.54, 1.807) is 6.92 Å². The van der Waals surface area contributed by atoms with Crippen LogP contribution in [0.15, 0.2) is 36.4 Å². The van der Waals surface area contributed by atoms with Gasteiger partial charge in [0.15, 0.2) is 5.78 Å². The molecule has 0 aliphatic heterocycles. The number of nitrogens with zero attached hydrogens (tertiary/aromatic N) is 2. The molecular formula is C13H14N2O. The first-order chi connectivity index (χ1) is 7.59. The summed E-state index contributed by atoms with van der Waals surface area (Å²) in [6, 6.07) is 7.86. The second-order valence-corrected chi connectivity index (χ2v) is 3.96. The number of rotatable bonds is 3. The molecule has 16 heavy (non-hydrogen) atoms. The van der Waals surface area contributed by atoms with Crippen LogP contribution in [0.1, 0.15) is 12.7 Å². The third kappa shape index (κ3) is 1.76. The zero-order valence-corrected chi connectivity index (χ0v) is 9.53. The Balaban J connectivity index is 2.42. The number of benzene rings is 1.